The van der Waals surface area contributed by atoms with Gasteiger partial charge >= 0.3 is 6.18 Å². The van der Waals surface area contributed by atoms with E-state index in [1.54, 1.807) is 0 Å². The van der Waals surface area contributed by atoms with Gasteiger partial charge in [-0.1, -0.05) is 18.2 Å². The van der Waals surface area contributed by atoms with Crippen molar-refractivity contribution in [3.63, 3.8) is 0 Å². The molecule has 0 bridgehead atoms. The van der Waals surface area contributed by atoms with E-state index in [1.165, 1.54) is 30.5 Å². The molecule has 0 radical (unpaired) electrons. The third kappa shape index (κ3) is 3.56. The highest BCUT2D eigenvalue weighted by Gasteiger charge is 2.37. The lowest BCUT2D eigenvalue weighted by Gasteiger charge is -2.19. The molecular weight excluding hydrogens is 445 g/mol. The lowest BCUT2D eigenvalue weighted by molar-refractivity contribution is -0.137. The predicted octanol–water partition coefficient (Wildman–Crippen LogP) is 4.89. The number of nitrogens with one attached hydrogen (secondary N) is 2. The number of ketones is 1. The summed E-state index contributed by atoms with van der Waals surface area (Å²) in [4.78, 5) is 26.0. The third-order valence-corrected chi connectivity index (χ3v) is 6.75. The van der Waals surface area contributed by atoms with Gasteiger partial charge in [0.2, 0.25) is 0 Å². The standard InChI is InChI=1S/C25H21F3N4O2/c26-25(27,28)19-4-2-1-3-18(19)23(33)14-7-22(29-9-14)24-30-20-6-5-17(8-21(20)31-24)32-10-15-12-34-13-16(15)11-32/h1-9,15-16,29H,10-13H2,(H,30,31)/t15-,16+. The number of hydrogen-bond donors (Lipinski definition) is 2. The Hall–Kier alpha value is -3.59. The first kappa shape index (κ1) is 21.0. The van der Waals surface area contributed by atoms with Crippen LogP contribution in [0.3, 0.4) is 0 Å². The highest BCUT2D eigenvalue weighted by molar-refractivity contribution is 6.10. The lowest BCUT2D eigenvalue weighted by atomic mass is 9.99. The number of ether oxygens (including phenoxy) is 1. The Morgan fingerprint density at radius 2 is 1.82 bits per heavy atom. The lowest BCUT2D eigenvalue weighted by Crippen LogP contribution is -2.21. The van der Waals surface area contributed by atoms with Crippen molar-refractivity contribution in [2.24, 2.45) is 11.8 Å². The molecule has 2 aromatic heterocycles. The number of nitrogens with zero attached hydrogens (tertiary/aromatic N) is 2. The van der Waals surface area contributed by atoms with E-state index >= 15 is 0 Å². The predicted molar refractivity (Wildman–Crippen MR) is 121 cm³/mol. The maximum absolute atomic E-state index is 13.3. The summed E-state index contributed by atoms with van der Waals surface area (Å²) in [5.74, 6) is 0.968. The monoisotopic (exact) mass is 466 g/mol. The molecule has 2 saturated heterocycles. The van der Waals surface area contributed by atoms with E-state index in [9.17, 15) is 18.0 Å². The first-order valence-electron chi connectivity index (χ1n) is 11.1. The second-order valence-electron chi connectivity index (χ2n) is 8.92. The molecule has 2 aromatic carbocycles. The molecule has 4 heterocycles. The Labute approximate surface area is 192 Å². The number of rotatable bonds is 4. The average Bonchev–Trinajstić information content (AvgIpc) is 3.60. The molecule has 0 amide bonds. The highest BCUT2D eigenvalue weighted by atomic mass is 19.4. The summed E-state index contributed by atoms with van der Waals surface area (Å²) in [6, 6.07) is 12.4. The summed E-state index contributed by atoms with van der Waals surface area (Å²) in [6.07, 6.45) is -3.20. The molecule has 9 heteroatoms. The molecule has 6 rings (SSSR count). The van der Waals surface area contributed by atoms with Gasteiger partial charge in [-0.3, -0.25) is 4.79 Å². The molecule has 2 aliphatic heterocycles. The molecule has 34 heavy (non-hydrogen) atoms. The van der Waals surface area contributed by atoms with E-state index in [0.717, 1.165) is 49.1 Å². The molecule has 2 atom stereocenters. The van der Waals surface area contributed by atoms with Crippen LogP contribution in [0.25, 0.3) is 22.6 Å². The number of imidazole rings is 1. The van der Waals surface area contributed by atoms with Crippen molar-refractivity contribution < 1.29 is 22.7 Å². The number of carbonyl (C=O) groups is 1. The van der Waals surface area contributed by atoms with Gasteiger partial charge in [0.25, 0.3) is 0 Å². The van der Waals surface area contributed by atoms with Crippen molar-refractivity contribution in [1.29, 1.82) is 0 Å². The van der Waals surface area contributed by atoms with Crippen molar-refractivity contribution in [2.75, 3.05) is 31.2 Å². The normalized spacial score (nSPS) is 20.3. The maximum atomic E-state index is 13.3. The number of aromatic nitrogens is 3. The molecule has 6 nitrogen and oxygen atoms in total. The summed E-state index contributed by atoms with van der Waals surface area (Å²) >= 11 is 0. The average molecular weight is 466 g/mol. The Bertz CT molecular complexity index is 1380. The van der Waals surface area contributed by atoms with E-state index in [0.29, 0.717) is 23.4 Å². The molecule has 0 spiro atoms. The number of halogens is 3. The zero-order valence-corrected chi connectivity index (χ0v) is 18.0. The third-order valence-electron chi connectivity index (χ3n) is 6.75. The minimum atomic E-state index is -4.61. The van der Waals surface area contributed by atoms with E-state index in [4.69, 9.17) is 4.74 Å². The fraction of sp³-hybridized carbons (Fsp3) is 0.280. The molecule has 2 N–H and O–H groups in total. The number of carbonyl (C=O) groups excluding carboxylic acids is 1. The molecule has 4 aromatic rings. The van der Waals surface area contributed by atoms with E-state index in [2.05, 4.69) is 25.9 Å². The molecule has 0 aliphatic carbocycles. The SMILES string of the molecule is O=C(c1c[nH]c(-c2nc3ccc(N4C[C@H]5COC[C@H]5C4)cc3[nH]2)c1)c1ccccc1C(F)(F)F. The van der Waals surface area contributed by atoms with Gasteiger partial charge in [-0.15, -0.1) is 0 Å². The number of fused-ring (bicyclic) bond motifs is 2. The summed E-state index contributed by atoms with van der Waals surface area (Å²) in [5.41, 5.74) is 2.07. The van der Waals surface area contributed by atoms with Crippen LogP contribution >= 0.6 is 0 Å². The number of hydrogen-bond acceptors (Lipinski definition) is 4. The van der Waals surface area contributed by atoms with Gasteiger partial charge in [-0.25, -0.2) is 4.98 Å². The Morgan fingerprint density at radius 3 is 2.59 bits per heavy atom. The van der Waals surface area contributed by atoms with E-state index in [-0.39, 0.29) is 11.1 Å². The van der Waals surface area contributed by atoms with Crippen LogP contribution in [0.2, 0.25) is 0 Å². The van der Waals surface area contributed by atoms with Crippen molar-refractivity contribution in [3.8, 4) is 11.5 Å². The number of alkyl halides is 3. The minimum Gasteiger partial charge on any atom is -0.381 e. The fourth-order valence-electron chi connectivity index (χ4n) is 4.97. The number of benzene rings is 2. The van der Waals surface area contributed by atoms with Crippen LogP contribution in [-0.2, 0) is 10.9 Å². The van der Waals surface area contributed by atoms with Gasteiger partial charge < -0.3 is 19.6 Å². The molecule has 0 saturated carbocycles. The quantitative estimate of drug-likeness (QED) is 0.420. The molecule has 0 unspecified atom stereocenters. The summed E-state index contributed by atoms with van der Waals surface area (Å²) in [7, 11) is 0. The van der Waals surface area contributed by atoms with Gasteiger partial charge in [0.1, 0.15) is 0 Å². The van der Waals surface area contributed by atoms with E-state index < -0.39 is 17.5 Å². The van der Waals surface area contributed by atoms with Crippen LogP contribution in [0, 0.1) is 11.8 Å². The van der Waals surface area contributed by atoms with Crippen molar-refractivity contribution in [3.05, 3.63) is 71.4 Å². The Morgan fingerprint density at radius 1 is 1.06 bits per heavy atom. The number of aromatic amines is 2. The van der Waals surface area contributed by atoms with Crippen molar-refractivity contribution in [2.45, 2.75) is 6.18 Å². The van der Waals surface area contributed by atoms with Gasteiger partial charge in [-0.05, 0) is 30.3 Å². The van der Waals surface area contributed by atoms with Crippen LogP contribution in [0.1, 0.15) is 21.5 Å². The second kappa shape index (κ2) is 7.73. The second-order valence-corrected chi connectivity index (χ2v) is 8.92. The van der Waals surface area contributed by atoms with Gasteiger partial charge in [0, 0.05) is 47.9 Å². The largest absolute Gasteiger partial charge is 0.417 e. The molecule has 2 aliphatic rings. The van der Waals surface area contributed by atoms with Gasteiger partial charge in [-0.2, -0.15) is 13.2 Å². The minimum absolute atomic E-state index is 0.138. The smallest absolute Gasteiger partial charge is 0.381 e. The first-order valence-corrected chi connectivity index (χ1v) is 11.1. The van der Waals surface area contributed by atoms with Gasteiger partial charge in [0.05, 0.1) is 35.5 Å². The van der Waals surface area contributed by atoms with Crippen LogP contribution in [0.15, 0.2) is 54.7 Å². The zero-order chi connectivity index (χ0) is 23.4. The Kier molecular flexibility index (Phi) is 4.77. The van der Waals surface area contributed by atoms with Crippen LogP contribution in [0.4, 0.5) is 18.9 Å². The van der Waals surface area contributed by atoms with Crippen LogP contribution in [-0.4, -0.2) is 47.0 Å². The van der Waals surface area contributed by atoms with Gasteiger partial charge in [0.15, 0.2) is 11.6 Å². The molecule has 174 valence electrons. The number of H-pyrrole nitrogens is 2. The summed E-state index contributed by atoms with van der Waals surface area (Å²) in [6.45, 7) is 3.58. The Balaban J connectivity index is 1.27. The summed E-state index contributed by atoms with van der Waals surface area (Å²) < 4.78 is 45.6. The maximum Gasteiger partial charge on any atom is 0.417 e. The first-order chi connectivity index (χ1) is 16.4. The fourth-order valence-corrected chi connectivity index (χ4v) is 4.97. The zero-order valence-electron chi connectivity index (χ0n) is 18.0. The van der Waals surface area contributed by atoms with Crippen molar-refractivity contribution >= 4 is 22.5 Å². The molecule has 2 fully saturated rings. The van der Waals surface area contributed by atoms with E-state index in [1.807, 2.05) is 12.1 Å². The number of anilines is 1. The van der Waals surface area contributed by atoms with Crippen LogP contribution < -0.4 is 4.90 Å². The highest BCUT2D eigenvalue weighted by Crippen LogP contribution is 2.35. The van der Waals surface area contributed by atoms with Crippen LogP contribution in [0.5, 0.6) is 0 Å². The topological polar surface area (TPSA) is 74.0 Å². The summed E-state index contributed by atoms with van der Waals surface area (Å²) in [5, 5.41) is 0. The molecular formula is C25H21F3N4O2. The van der Waals surface area contributed by atoms with Crippen molar-refractivity contribution in [1.82, 2.24) is 15.0 Å².